The maximum atomic E-state index is 5.57. The van der Waals surface area contributed by atoms with Crippen molar-refractivity contribution in [2.45, 2.75) is 6.10 Å². The monoisotopic (exact) mass is 164 g/mol. The van der Waals surface area contributed by atoms with Crippen LogP contribution in [-0.4, -0.2) is 24.7 Å². The van der Waals surface area contributed by atoms with E-state index in [-0.39, 0.29) is 6.10 Å². The smallest absolute Gasteiger partial charge is 0.0950 e. The SMILES string of the molecule is c1cc([C@@H]2CNCCO2)ccn1. The van der Waals surface area contributed by atoms with Crippen molar-refractivity contribution >= 4 is 0 Å². The van der Waals surface area contributed by atoms with Gasteiger partial charge in [0.1, 0.15) is 0 Å². The molecule has 0 unspecified atom stereocenters. The first-order valence-corrected chi connectivity index (χ1v) is 4.19. The molecule has 1 aliphatic heterocycles. The first kappa shape index (κ1) is 7.71. The number of rotatable bonds is 1. The van der Waals surface area contributed by atoms with Crippen LogP contribution in [0.5, 0.6) is 0 Å². The maximum absolute atomic E-state index is 5.57. The number of morpholine rings is 1. The molecule has 1 aromatic rings. The van der Waals surface area contributed by atoms with E-state index in [9.17, 15) is 0 Å². The number of hydrogen-bond acceptors (Lipinski definition) is 3. The zero-order chi connectivity index (χ0) is 8.23. The molecule has 1 aliphatic rings. The number of nitrogens with zero attached hydrogens (tertiary/aromatic N) is 1. The van der Waals surface area contributed by atoms with E-state index in [2.05, 4.69) is 10.3 Å². The summed E-state index contributed by atoms with van der Waals surface area (Å²) in [5, 5.41) is 3.29. The molecule has 3 nitrogen and oxygen atoms in total. The van der Waals surface area contributed by atoms with Gasteiger partial charge in [0.15, 0.2) is 0 Å². The minimum absolute atomic E-state index is 0.210. The van der Waals surface area contributed by atoms with Crippen LogP contribution >= 0.6 is 0 Å². The Hall–Kier alpha value is -0.930. The molecule has 0 aliphatic carbocycles. The molecule has 1 N–H and O–H groups in total. The minimum Gasteiger partial charge on any atom is -0.371 e. The zero-order valence-electron chi connectivity index (χ0n) is 6.86. The molecular weight excluding hydrogens is 152 g/mol. The van der Waals surface area contributed by atoms with Crippen molar-refractivity contribution in [2.24, 2.45) is 0 Å². The molecule has 0 aromatic carbocycles. The summed E-state index contributed by atoms with van der Waals surface area (Å²) in [7, 11) is 0. The van der Waals surface area contributed by atoms with Gasteiger partial charge in [-0.1, -0.05) is 0 Å². The van der Waals surface area contributed by atoms with E-state index in [4.69, 9.17) is 4.74 Å². The molecule has 1 atom stereocenters. The van der Waals surface area contributed by atoms with Gasteiger partial charge in [0.05, 0.1) is 12.7 Å². The highest BCUT2D eigenvalue weighted by Crippen LogP contribution is 2.16. The van der Waals surface area contributed by atoms with Gasteiger partial charge in [-0.15, -0.1) is 0 Å². The van der Waals surface area contributed by atoms with Crippen LogP contribution in [0.2, 0.25) is 0 Å². The molecule has 2 rings (SSSR count). The predicted octanol–water partition coefficient (Wildman–Crippen LogP) is 0.742. The van der Waals surface area contributed by atoms with Gasteiger partial charge < -0.3 is 10.1 Å². The van der Waals surface area contributed by atoms with Crippen molar-refractivity contribution in [2.75, 3.05) is 19.7 Å². The number of ether oxygens (including phenoxy) is 1. The second-order valence-corrected chi connectivity index (χ2v) is 2.84. The topological polar surface area (TPSA) is 34.1 Å². The summed E-state index contributed by atoms with van der Waals surface area (Å²) in [5.74, 6) is 0. The summed E-state index contributed by atoms with van der Waals surface area (Å²) >= 11 is 0. The van der Waals surface area contributed by atoms with Crippen molar-refractivity contribution < 1.29 is 4.74 Å². The van der Waals surface area contributed by atoms with E-state index in [0.29, 0.717) is 0 Å². The van der Waals surface area contributed by atoms with E-state index in [1.54, 1.807) is 12.4 Å². The summed E-state index contributed by atoms with van der Waals surface area (Å²) in [6, 6.07) is 4.00. The number of nitrogens with one attached hydrogen (secondary N) is 1. The summed E-state index contributed by atoms with van der Waals surface area (Å²) in [6.07, 6.45) is 3.81. The highest BCUT2D eigenvalue weighted by atomic mass is 16.5. The molecule has 1 aromatic heterocycles. The summed E-state index contributed by atoms with van der Waals surface area (Å²) < 4.78 is 5.57. The van der Waals surface area contributed by atoms with Crippen molar-refractivity contribution in [3.63, 3.8) is 0 Å². The van der Waals surface area contributed by atoms with E-state index in [1.165, 1.54) is 5.56 Å². The predicted molar refractivity (Wildman–Crippen MR) is 45.8 cm³/mol. The van der Waals surface area contributed by atoms with Gasteiger partial charge >= 0.3 is 0 Å². The lowest BCUT2D eigenvalue weighted by atomic mass is 10.1. The van der Waals surface area contributed by atoms with E-state index in [0.717, 1.165) is 19.7 Å². The molecule has 1 fully saturated rings. The van der Waals surface area contributed by atoms with Crippen LogP contribution < -0.4 is 5.32 Å². The second-order valence-electron chi connectivity index (χ2n) is 2.84. The third-order valence-electron chi connectivity index (χ3n) is 2.01. The molecule has 12 heavy (non-hydrogen) atoms. The van der Waals surface area contributed by atoms with Gasteiger partial charge in [-0.2, -0.15) is 0 Å². The first-order valence-electron chi connectivity index (χ1n) is 4.19. The van der Waals surface area contributed by atoms with Gasteiger partial charge in [0.25, 0.3) is 0 Å². The average Bonchev–Trinajstić information content (AvgIpc) is 2.21. The summed E-state index contributed by atoms with van der Waals surface area (Å²) in [5.41, 5.74) is 1.21. The van der Waals surface area contributed by atoms with Gasteiger partial charge in [-0.05, 0) is 17.7 Å². The van der Waals surface area contributed by atoms with Gasteiger partial charge in [0, 0.05) is 25.5 Å². The second kappa shape index (κ2) is 3.65. The van der Waals surface area contributed by atoms with Crippen LogP contribution in [0.3, 0.4) is 0 Å². The van der Waals surface area contributed by atoms with Crippen molar-refractivity contribution in [3.8, 4) is 0 Å². The number of hydrogen-bond donors (Lipinski definition) is 1. The van der Waals surface area contributed by atoms with Crippen molar-refractivity contribution in [1.82, 2.24) is 10.3 Å². The first-order chi connectivity index (χ1) is 5.97. The standard InChI is InChI=1S/C9H12N2O/c1-3-10-4-2-8(1)9-7-11-5-6-12-9/h1-4,9,11H,5-7H2/t9-/m0/s1. The lowest BCUT2D eigenvalue weighted by Gasteiger charge is -2.23. The Morgan fingerprint density at radius 2 is 2.25 bits per heavy atom. The van der Waals surface area contributed by atoms with E-state index >= 15 is 0 Å². The van der Waals surface area contributed by atoms with Crippen LogP contribution in [0.1, 0.15) is 11.7 Å². The van der Waals surface area contributed by atoms with Crippen molar-refractivity contribution in [1.29, 1.82) is 0 Å². The normalized spacial score (nSPS) is 23.8. The Morgan fingerprint density at radius 1 is 1.42 bits per heavy atom. The molecule has 0 bridgehead atoms. The molecule has 64 valence electrons. The molecule has 2 heterocycles. The third-order valence-corrected chi connectivity index (χ3v) is 2.01. The fourth-order valence-corrected chi connectivity index (χ4v) is 1.36. The maximum Gasteiger partial charge on any atom is 0.0950 e. The van der Waals surface area contributed by atoms with Crippen LogP contribution in [0.4, 0.5) is 0 Å². The molecule has 0 radical (unpaired) electrons. The molecule has 0 spiro atoms. The van der Waals surface area contributed by atoms with Crippen LogP contribution in [0.25, 0.3) is 0 Å². The average molecular weight is 164 g/mol. The third kappa shape index (κ3) is 1.62. The Kier molecular flexibility index (Phi) is 2.34. The lowest BCUT2D eigenvalue weighted by molar-refractivity contribution is 0.0276. The minimum atomic E-state index is 0.210. The largest absolute Gasteiger partial charge is 0.371 e. The quantitative estimate of drug-likeness (QED) is 0.664. The van der Waals surface area contributed by atoms with Crippen LogP contribution in [-0.2, 0) is 4.74 Å². The molecule has 3 heteroatoms. The summed E-state index contributed by atoms with van der Waals surface area (Å²) in [6.45, 7) is 2.67. The van der Waals surface area contributed by atoms with Crippen molar-refractivity contribution in [3.05, 3.63) is 30.1 Å². The van der Waals surface area contributed by atoms with Gasteiger partial charge in [-0.3, -0.25) is 4.98 Å². The summed E-state index contributed by atoms with van der Waals surface area (Å²) in [4.78, 5) is 3.96. The number of aromatic nitrogens is 1. The van der Waals surface area contributed by atoms with E-state index in [1.807, 2.05) is 12.1 Å². The van der Waals surface area contributed by atoms with Gasteiger partial charge in [0.2, 0.25) is 0 Å². The fourth-order valence-electron chi connectivity index (χ4n) is 1.36. The Morgan fingerprint density at radius 3 is 2.92 bits per heavy atom. The Bertz CT molecular complexity index is 232. The van der Waals surface area contributed by atoms with Crippen LogP contribution in [0, 0.1) is 0 Å². The van der Waals surface area contributed by atoms with Gasteiger partial charge in [-0.25, -0.2) is 0 Å². The molecular formula is C9H12N2O. The fraction of sp³-hybridized carbons (Fsp3) is 0.444. The zero-order valence-corrected chi connectivity index (χ0v) is 6.86. The molecule has 0 saturated carbocycles. The molecule has 1 saturated heterocycles. The molecule has 0 amide bonds. The number of pyridine rings is 1. The van der Waals surface area contributed by atoms with Crippen LogP contribution in [0.15, 0.2) is 24.5 Å². The van der Waals surface area contributed by atoms with E-state index < -0.39 is 0 Å². The Balaban J connectivity index is 2.08. The lowest BCUT2D eigenvalue weighted by Crippen LogP contribution is -2.33. The Labute approximate surface area is 71.8 Å². The highest BCUT2D eigenvalue weighted by Gasteiger charge is 2.14. The highest BCUT2D eigenvalue weighted by molar-refractivity contribution is 5.14.